The number of nitrogens with zero attached hydrogens (tertiary/aromatic N) is 1. The third-order valence-electron chi connectivity index (χ3n) is 5.89. The van der Waals surface area contributed by atoms with Gasteiger partial charge in [0.2, 0.25) is 0 Å². The number of fused-ring (bicyclic) bond motifs is 1. The standard InChI is InChI=1S/C25H26FN3O3/c1-3-25(31,4-2)22-14-28-23(29-22)15-27-13-16-5-10-19-20(12-24(30)32-21(19)11-16)17-6-8-18(26)9-7-17/h5-12,14,27,31H,3-4,13,15H2,1-2H3,(H,28,29). The largest absolute Gasteiger partial charge is 0.423 e. The van der Waals surface area contributed by atoms with Crippen LogP contribution < -0.4 is 10.9 Å². The molecule has 4 rings (SSSR count). The zero-order valence-corrected chi connectivity index (χ0v) is 18.1. The molecular weight excluding hydrogens is 409 g/mol. The molecule has 0 atom stereocenters. The molecule has 7 heteroatoms. The second kappa shape index (κ2) is 9.06. The summed E-state index contributed by atoms with van der Waals surface area (Å²) in [4.78, 5) is 19.7. The molecule has 2 heterocycles. The highest BCUT2D eigenvalue weighted by molar-refractivity contribution is 5.93. The fourth-order valence-electron chi connectivity index (χ4n) is 3.83. The molecule has 4 aromatic rings. The van der Waals surface area contributed by atoms with E-state index in [4.69, 9.17) is 4.42 Å². The summed E-state index contributed by atoms with van der Waals surface area (Å²) >= 11 is 0. The van der Waals surface area contributed by atoms with Crippen molar-refractivity contribution in [2.24, 2.45) is 0 Å². The van der Waals surface area contributed by atoms with Gasteiger partial charge in [-0.05, 0) is 47.7 Å². The Balaban J connectivity index is 1.50. The smallest absolute Gasteiger partial charge is 0.336 e. The van der Waals surface area contributed by atoms with E-state index in [9.17, 15) is 14.3 Å². The average molecular weight is 435 g/mol. The van der Waals surface area contributed by atoms with Gasteiger partial charge in [0.05, 0.1) is 18.4 Å². The number of halogens is 1. The van der Waals surface area contributed by atoms with Crippen molar-refractivity contribution in [2.45, 2.75) is 45.4 Å². The molecule has 0 radical (unpaired) electrons. The summed E-state index contributed by atoms with van der Waals surface area (Å²) in [6.07, 6.45) is 2.91. The number of H-pyrrole nitrogens is 1. The number of hydrogen-bond acceptors (Lipinski definition) is 5. The van der Waals surface area contributed by atoms with Crippen LogP contribution in [0.2, 0.25) is 0 Å². The van der Waals surface area contributed by atoms with Crippen LogP contribution in [0.3, 0.4) is 0 Å². The lowest BCUT2D eigenvalue weighted by molar-refractivity contribution is 0.0243. The van der Waals surface area contributed by atoms with Crippen LogP contribution in [0, 0.1) is 5.82 Å². The van der Waals surface area contributed by atoms with Crippen molar-refractivity contribution in [3.05, 3.63) is 88.0 Å². The molecule has 32 heavy (non-hydrogen) atoms. The third-order valence-corrected chi connectivity index (χ3v) is 5.89. The van der Waals surface area contributed by atoms with Gasteiger partial charge in [-0.15, -0.1) is 0 Å². The molecule has 0 aliphatic heterocycles. The molecule has 0 saturated carbocycles. The molecule has 0 aliphatic carbocycles. The lowest BCUT2D eigenvalue weighted by Gasteiger charge is -2.23. The van der Waals surface area contributed by atoms with E-state index in [2.05, 4.69) is 15.3 Å². The number of rotatable bonds is 8. The normalized spacial score (nSPS) is 11.9. The highest BCUT2D eigenvalue weighted by atomic mass is 19.1. The second-order valence-electron chi connectivity index (χ2n) is 7.90. The van der Waals surface area contributed by atoms with Crippen molar-refractivity contribution in [3.63, 3.8) is 0 Å². The highest BCUT2D eigenvalue weighted by Gasteiger charge is 2.26. The molecule has 0 fully saturated rings. The van der Waals surface area contributed by atoms with Crippen molar-refractivity contribution in [1.82, 2.24) is 15.3 Å². The van der Waals surface area contributed by atoms with Crippen molar-refractivity contribution >= 4 is 11.0 Å². The topological polar surface area (TPSA) is 91.2 Å². The molecule has 0 saturated heterocycles. The Kier molecular flexibility index (Phi) is 6.21. The van der Waals surface area contributed by atoms with E-state index in [1.807, 2.05) is 32.0 Å². The summed E-state index contributed by atoms with van der Waals surface area (Å²) in [6.45, 7) is 4.94. The van der Waals surface area contributed by atoms with Gasteiger partial charge in [0.15, 0.2) is 0 Å². The van der Waals surface area contributed by atoms with Gasteiger partial charge in [0.1, 0.15) is 22.8 Å². The maximum Gasteiger partial charge on any atom is 0.336 e. The summed E-state index contributed by atoms with van der Waals surface area (Å²) in [5.41, 5.74) is 2.27. The van der Waals surface area contributed by atoms with Gasteiger partial charge in [-0.2, -0.15) is 0 Å². The number of imidazole rings is 1. The number of aliphatic hydroxyl groups is 1. The number of hydrogen-bond donors (Lipinski definition) is 3. The molecule has 2 aromatic heterocycles. The quantitative estimate of drug-likeness (QED) is 0.351. The Morgan fingerprint density at radius 2 is 1.84 bits per heavy atom. The molecule has 0 bridgehead atoms. The van der Waals surface area contributed by atoms with Gasteiger partial charge in [-0.3, -0.25) is 0 Å². The molecule has 0 spiro atoms. The van der Waals surface area contributed by atoms with E-state index in [1.165, 1.54) is 18.2 Å². The van der Waals surface area contributed by atoms with E-state index in [0.717, 1.165) is 28.0 Å². The number of aromatic amines is 1. The first-order chi connectivity index (χ1) is 15.4. The lowest BCUT2D eigenvalue weighted by atomic mass is 9.94. The molecule has 6 nitrogen and oxygen atoms in total. The number of aromatic nitrogens is 2. The summed E-state index contributed by atoms with van der Waals surface area (Å²) in [7, 11) is 0. The Hall–Kier alpha value is -3.29. The minimum atomic E-state index is -0.886. The monoisotopic (exact) mass is 435 g/mol. The zero-order chi connectivity index (χ0) is 22.7. The SMILES string of the molecule is CCC(O)(CC)c1cnc(CNCc2ccc3c(-c4ccc(F)cc4)cc(=O)oc3c2)[nH]1. The van der Waals surface area contributed by atoms with E-state index in [-0.39, 0.29) is 5.82 Å². The molecule has 0 unspecified atom stereocenters. The number of benzene rings is 2. The van der Waals surface area contributed by atoms with E-state index in [0.29, 0.717) is 37.1 Å². The van der Waals surface area contributed by atoms with Crippen LogP contribution in [0.1, 0.15) is 43.8 Å². The zero-order valence-electron chi connectivity index (χ0n) is 18.1. The fourth-order valence-corrected chi connectivity index (χ4v) is 3.83. The van der Waals surface area contributed by atoms with Crippen LogP contribution in [0.5, 0.6) is 0 Å². The van der Waals surface area contributed by atoms with Crippen LogP contribution in [0.4, 0.5) is 4.39 Å². The van der Waals surface area contributed by atoms with Gasteiger partial charge in [0, 0.05) is 18.0 Å². The van der Waals surface area contributed by atoms with Gasteiger partial charge in [0.25, 0.3) is 0 Å². The summed E-state index contributed by atoms with van der Waals surface area (Å²) < 4.78 is 18.7. The third kappa shape index (κ3) is 4.49. The van der Waals surface area contributed by atoms with Crippen molar-refractivity contribution in [1.29, 1.82) is 0 Å². The second-order valence-corrected chi connectivity index (χ2v) is 7.90. The molecule has 0 amide bonds. The van der Waals surface area contributed by atoms with Gasteiger partial charge in [-0.1, -0.05) is 38.1 Å². The maximum absolute atomic E-state index is 13.3. The highest BCUT2D eigenvalue weighted by Crippen LogP contribution is 2.28. The van der Waals surface area contributed by atoms with Gasteiger partial charge < -0.3 is 19.8 Å². The van der Waals surface area contributed by atoms with Crippen molar-refractivity contribution in [2.75, 3.05) is 0 Å². The fraction of sp³-hybridized carbons (Fsp3) is 0.280. The average Bonchev–Trinajstić information content (AvgIpc) is 3.28. The molecule has 3 N–H and O–H groups in total. The molecular formula is C25H26FN3O3. The minimum absolute atomic E-state index is 0.327. The molecule has 2 aromatic carbocycles. The van der Waals surface area contributed by atoms with Crippen LogP contribution >= 0.6 is 0 Å². The molecule has 166 valence electrons. The lowest BCUT2D eigenvalue weighted by Crippen LogP contribution is -2.24. The van der Waals surface area contributed by atoms with Crippen LogP contribution in [-0.2, 0) is 18.7 Å². The molecule has 0 aliphatic rings. The summed E-state index contributed by atoms with van der Waals surface area (Å²) in [5.74, 6) is 0.415. The van der Waals surface area contributed by atoms with Crippen molar-refractivity contribution in [3.8, 4) is 11.1 Å². The minimum Gasteiger partial charge on any atom is -0.423 e. The summed E-state index contributed by atoms with van der Waals surface area (Å²) in [6, 6.07) is 13.2. The Labute approximate surface area is 185 Å². The van der Waals surface area contributed by atoms with E-state index >= 15 is 0 Å². The van der Waals surface area contributed by atoms with Crippen LogP contribution in [0.15, 0.2) is 63.9 Å². The predicted molar refractivity (Wildman–Crippen MR) is 121 cm³/mol. The van der Waals surface area contributed by atoms with Gasteiger partial charge in [-0.25, -0.2) is 14.2 Å². The predicted octanol–water partition coefficient (Wildman–Crippen LogP) is 4.62. The van der Waals surface area contributed by atoms with Gasteiger partial charge >= 0.3 is 5.63 Å². The van der Waals surface area contributed by atoms with E-state index in [1.54, 1.807) is 18.3 Å². The van der Waals surface area contributed by atoms with Crippen LogP contribution in [0.25, 0.3) is 22.1 Å². The first-order valence-corrected chi connectivity index (χ1v) is 10.7. The Bertz CT molecular complexity index is 1270. The van der Waals surface area contributed by atoms with Crippen LogP contribution in [-0.4, -0.2) is 15.1 Å². The Morgan fingerprint density at radius 3 is 2.56 bits per heavy atom. The summed E-state index contributed by atoms with van der Waals surface area (Å²) in [5, 5.41) is 14.7. The van der Waals surface area contributed by atoms with Crippen molar-refractivity contribution < 1.29 is 13.9 Å². The maximum atomic E-state index is 13.3. The van der Waals surface area contributed by atoms with E-state index < -0.39 is 11.2 Å². The number of nitrogens with one attached hydrogen (secondary N) is 2. The first kappa shape index (κ1) is 21.9. The Morgan fingerprint density at radius 1 is 1.09 bits per heavy atom. The first-order valence-electron chi connectivity index (χ1n) is 10.7.